The maximum Gasteiger partial charge on any atom is 0.228 e. The van der Waals surface area contributed by atoms with Crippen LogP contribution in [0.2, 0.25) is 0 Å². The van der Waals surface area contributed by atoms with Crippen LogP contribution in [0.4, 0.5) is 5.95 Å². The van der Waals surface area contributed by atoms with Crippen LogP contribution in [0.25, 0.3) is 10.8 Å². The summed E-state index contributed by atoms with van der Waals surface area (Å²) in [5, 5.41) is 2.20. The Hall–Kier alpha value is -2.69. The molecule has 2 aromatic heterocycles. The van der Waals surface area contributed by atoms with Gasteiger partial charge in [-0.15, -0.1) is 0 Å². The number of hydrogen-bond acceptors (Lipinski definition) is 5. The Kier molecular flexibility index (Phi) is 2.48. The van der Waals surface area contributed by atoms with Gasteiger partial charge in [-0.3, -0.25) is 4.98 Å². The summed E-state index contributed by atoms with van der Waals surface area (Å²) in [6.45, 7) is 1.19. The van der Waals surface area contributed by atoms with E-state index in [-0.39, 0.29) is 0 Å². The van der Waals surface area contributed by atoms with Crippen LogP contribution in [0, 0.1) is 0 Å². The predicted octanol–water partition coefficient (Wildman–Crippen LogP) is 2.38. The van der Waals surface area contributed by atoms with Crippen molar-refractivity contribution in [2.24, 2.45) is 0 Å². The monoisotopic (exact) mass is 264 g/mol. The second-order valence-corrected chi connectivity index (χ2v) is 4.67. The van der Waals surface area contributed by atoms with E-state index in [1.165, 1.54) is 0 Å². The highest BCUT2D eigenvalue weighted by Crippen LogP contribution is 2.33. The molecule has 0 spiro atoms. The van der Waals surface area contributed by atoms with Gasteiger partial charge in [0, 0.05) is 35.7 Å². The van der Waals surface area contributed by atoms with Gasteiger partial charge in [-0.1, -0.05) is 12.1 Å². The standard InChI is InChI=1S/C15H12N4O/c1-5-17-15(18-6-1)19-9-12-3-2-11-4-7-16-8-13(11)14(12)20-10-19/h1-8H,9-10H2. The van der Waals surface area contributed by atoms with Gasteiger partial charge in [-0.2, -0.15) is 0 Å². The van der Waals surface area contributed by atoms with Gasteiger partial charge in [0.25, 0.3) is 0 Å². The normalized spacial score (nSPS) is 13.9. The average molecular weight is 264 g/mol. The first-order valence-electron chi connectivity index (χ1n) is 6.42. The molecule has 0 radical (unpaired) electrons. The van der Waals surface area contributed by atoms with Crippen molar-refractivity contribution >= 4 is 16.7 Å². The molecule has 0 fully saturated rings. The molecule has 0 aliphatic carbocycles. The fraction of sp³-hybridized carbons (Fsp3) is 0.133. The Balaban J connectivity index is 1.75. The number of aromatic nitrogens is 3. The van der Waals surface area contributed by atoms with E-state index in [1.807, 2.05) is 17.2 Å². The first-order valence-corrected chi connectivity index (χ1v) is 6.42. The average Bonchev–Trinajstić information content (AvgIpc) is 2.55. The van der Waals surface area contributed by atoms with Crippen molar-refractivity contribution < 1.29 is 4.74 Å². The fourth-order valence-electron chi connectivity index (χ4n) is 2.45. The van der Waals surface area contributed by atoms with Crippen LogP contribution in [0.3, 0.4) is 0 Å². The third kappa shape index (κ3) is 1.75. The van der Waals surface area contributed by atoms with Gasteiger partial charge < -0.3 is 9.64 Å². The molecule has 0 N–H and O–H groups in total. The maximum atomic E-state index is 5.91. The van der Waals surface area contributed by atoms with Gasteiger partial charge in [-0.25, -0.2) is 9.97 Å². The van der Waals surface area contributed by atoms with Crippen molar-refractivity contribution in [3.05, 3.63) is 54.6 Å². The smallest absolute Gasteiger partial charge is 0.228 e. The highest BCUT2D eigenvalue weighted by molar-refractivity contribution is 5.89. The van der Waals surface area contributed by atoms with E-state index in [9.17, 15) is 0 Å². The molecule has 0 amide bonds. The molecule has 20 heavy (non-hydrogen) atoms. The number of benzene rings is 1. The molecule has 3 aromatic rings. The van der Waals surface area contributed by atoms with Crippen LogP contribution in [-0.2, 0) is 6.54 Å². The van der Waals surface area contributed by atoms with E-state index >= 15 is 0 Å². The molecule has 1 aliphatic heterocycles. The number of anilines is 1. The number of nitrogens with zero attached hydrogens (tertiary/aromatic N) is 4. The van der Waals surface area contributed by atoms with Crippen LogP contribution in [-0.4, -0.2) is 21.7 Å². The first-order chi connectivity index (χ1) is 9.92. The summed E-state index contributed by atoms with van der Waals surface area (Å²) in [5.74, 6) is 1.60. The predicted molar refractivity (Wildman–Crippen MR) is 75.5 cm³/mol. The molecule has 0 saturated carbocycles. The molecule has 1 aliphatic rings. The minimum atomic E-state index is 0.449. The number of rotatable bonds is 1. The largest absolute Gasteiger partial charge is 0.472 e. The lowest BCUT2D eigenvalue weighted by Gasteiger charge is -2.29. The zero-order valence-electron chi connectivity index (χ0n) is 10.7. The van der Waals surface area contributed by atoms with Crippen LogP contribution < -0.4 is 9.64 Å². The summed E-state index contributed by atoms with van der Waals surface area (Å²) in [5.41, 5.74) is 1.13. The summed E-state index contributed by atoms with van der Waals surface area (Å²) in [7, 11) is 0. The Bertz CT molecular complexity index is 760. The second-order valence-electron chi connectivity index (χ2n) is 4.67. The van der Waals surface area contributed by atoms with Crippen molar-refractivity contribution in [1.29, 1.82) is 0 Å². The minimum absolute atomic E-state index is 0.449. The van der Waals surface area contributed by atoms with E-state index in [0.29, 0.717) is 12.7 Å². The third-order valence-corrected chi connectivity index (χ3v) is 3.42. The molecule has 98 valence electrons. The molecule has 0 saturated heterocycles. The minimum Gasteiger partial charge on any atom is -0.472 e. The fourth-order valence-corrected chi connectivity index (χ4v) is 2.45. The van der Waals surface area contributed by atoms with Gasteiger partial charge >= 0.3 is 0 Å². The molecule has 3 heterocycles. The van der Waals surface area contributed by atoms with Gasteiger partial charge in [0.1, 0.15) is 5.75 Å². The molecule has 0 atom stereocenters. The molecule has 5 heteroatoms. The lowest BCUT2D eigenvalue weighted by molar-refractivity contribution is 0.290. The second kappa shape index (κ2) is 4.45. The van der Waals surface area contributed by atoms with Crippen molar-refractivity contribution in [2.75, 3.05) is 11.6 Å². The van der Waals surface area contributed by atoms with E-state index in [4.69, 9.17) is 4.74 Å². The number of ether oxygens (including phenoxy) is 1. The number of fused-ring (bicyclic) bond motifs is 3. The highest BCUT2D eigenvalue weighted by atomic mass is 16.5. The zero-order chi connectivity index (χ0) is 13.4. The quantitative estimate of drug-likeness (QED) is 0.675. The van der Waals surface area contributed by atoms with E-state index in [2.05, 4.69) is 27.1 Å². The van der Waals surface area contributed by atoms with Gasteiger partial charge in [0.05, 0.1) is 6.54 Å². The van der Waals surface area contributed by atoms with E-state index in [0.717, 1.165) is 28.6 Å². The first kappa shape index (κ1) is 11.2. The lowest BCUT2D eigenvalue weighted by atomic mass is 10.1. The summed E-state index contributed by atoms with van der Waals surface area (Å²) < 4.78 is 5.91. The van der Waals surface area contributed by atoms with Crippen molar-refractivity contribution in [3.8, 4) is 5.75 Å². The van der Waals surface area contributed by atoms with Crippen molar-refractivity contribution in [3.63, 3.8) is 0 Å². The van der Waals surface area contributed by atoms with Crippen molar-refractivity contribution in [2.45, 2.75) is 6.54 Å². The number of pyridine rings is 1. The maximum absolute atomic E-state index is 5.91. The van der Waals surface area contributed by atoms with E-state index < -0.39 is 0 Å². The summed E-state index contributed by atoms with van der Waals surface area (Å²) in [4.78, 5) is 14.7. The highest BCUT2D eigenvalue weighted by Gasteiger charge is 2.21. The van der Waals surface area contributed by atoms with Crippen molar-refractivity contribution in [1.82, 2.24) is 15.0 Å². The summed E-state index contributed by atoms with van der Waals surface area (Å²) in [6, 6.07) is 7.98. The third-order valence-electron chi connectivity index (χ3n) is 3.42. The van der Waals surface area contributed by atoms with Crippen LogP contribution >= 0.6 is 0 Å². The molecule has 5 nitrogen and oxygen atoms in total. The Labute approximate surface area is 115 Å². The number of hydrogen-bond donors (Lipinski definition) is 0. The molecule has 0 unspecified atom stereocenters. The SMILES string of the molecule is c1cnc(N2COc3c(ccc4ccncc34)C2)nc1. The topological polar surface area (TPSA) is 51.1 Å². The Morgan fingerprint density at radius 1 is 1.05 bits per heavy atom. The van der Waals surface area contributed by atoms with Gasteiger partial charge in [-0.05, 0) is 17.5 Å². The van der Waals surface area contributed by atoms with Crippen LogP contribution in [0.5, 0.6) is 5.75 Å². The zero-order valence-corrected chi connectivity index (χ0v) is 10.7. The molecule has 4 rings (SSSR count). The Morgan fingerprint density at radius 3 is 2.85 bits per heavy atom. The van der Waals surface area contributed by atoms with Crippen LogP contribution in [0.1, 0.15) is 5.56 Å². The van der Waals surface area contributed by atoms with Gasteiger partial charge in [0.15, 0.2) is 6.73 Å². The van der Waals surface area contributed by atoms with E-state index in [1.54, 1.807) is 24.7 Å². The Morgan fingerprint density at radius 2 is 1.95 bits per heavy atom. The molecular weight excluding hydrogens is 252 g/mol. The summed E-state index contributed by atoms with van der Waals surface area (Å²) in [6.07, 6.45) is 7.12. The summed E-state index contributed by atoms with van der Waals surface area (Å²) >= 11 is 0. The molecule has 1 aromatic carbocycles. The lowest BCUT2D eigenvalue weighted by Crippen LogP contribution is -2.33. The van der Waals surface area contributed by atoms with Crippen LogP contribution in [0.15, 0.2) is 49.1 Å². The molecular formula is C15H12N4O. The molecule has 0 bridgehead atoms. The van der Waals surface area contributed by atoms with Gasteiger partial charge in [0.2, 0.25) is 5.95 Å².